The van der Waals surface area contributed by atoms with E-state index in [9.17, 15) is 9.18 Å². The molecule has 0 radical (unpaired) electrons. The summed E-state index contributed by atoms with van der Waals surface area (Å²) in [6.07, 6.45) is -0.403. The van der Waals surface area contributed by atoms with Crippen molar-refractivity contribution in [3.8, 4) is 5.75 Å². The van der Waals surface area contributed by atoms with Crippen molar-refractivity contribution in [2.24, 2.45) is 0 Å². The van der Waals surface area contributed by atoms with Crippen LogP contribution < -0.4 is 4.74 Å². The highest BCUT2D eigenvalue weighted by atomic mass is 19.1. The van der Waals surface area contributed by atoms with E-state index in [4.69, 9.17) is 9.47 Å². The molecular weight excluding hydrogens is 365 g/mol. The fourth-order valence-corrected chi connectivity index (χ4v) is 2.95. The minimum absolute atomic E-state index is 0.113. The van der Waals surface area contributed by atoms with E-state index in [1.807, 2.05) is 0 Å². The molecular formula is C19H18FN5O3. The van der Waals surface area contributed by atoms with E-state index in [0.29, 0.717) is 42.4 Å². The molecule has 0 spiro atoms. The van der Waals surface area contributed by atoms with Gasteiger partial charge in [0.1, 0.15) is 24.3 Å². The highest BCUT2D eigenvalue weighted by Gasteiger charge is 2.28. The van der Waals surface area contributed by atoms with Gasteiger partial charge in [-0.15, -0.1) is 10.2 Å². The summed E-state index contributed by atoms with van der Waals surface area (Å²) in [5.74, 6) is 0.566. The number of aromatic amines is 1. The number of amides is 1. The number of nitrogens with zero attached hydrogens (tertiary/aromatic N) is 4. The van der Waals surface area contributed by atoms with Gasteiger partial charge in [-0.1, -0.05) is 23.4 Å². The topological polar surface area (TPSA) is 93.2 Å². The first kappa shape index (κ1) is 18.1. The highest BCUT2D eigenvalue weighted by molar-refractivity contribution is 5.94. The van der Waals surface area contributed by atoms with Crippen molar-refractivity contribution in [1.82, 2.24) is 25.5 Å². The van der Waals surface area contributed by atoms with Crippen LogP contribution in [0.25, 0.3) is 0 Å². The number of H-pyrrole nitrogens is 1. The molecule has 1 saturated heterocycles. The van der Waals surface area contributed by atoms with Gasteiger partial charge in [0, 0.05) is 17.7 Å². The first-order chi connectivity index (χ1) is 13.7. The van der Waals surface area contributed by atoms with Gasteiger partial charge in [0.15, 0.2) is 0 Å². The molecule has 0 saturated carbocycles. The van der Waals surface area contributed by atoms with Crippen LogP contribution in [0, 0.1) is 5.82 Å². The van der Waals surface area contributed by atoms with E-state index in [2.05, 4.69) is 20.6 Å². The summed E-state index contributed by atoms with van der Waals surface area (Å²) < 4.78 is 24.9. The standard InChI is InChI=1S/C19H18FN5O3/c20-16-4-2-1-3-14(16)12-28-15-7-5-13(6-8-15)19(26)25-9-10-27-17(11-25)18-21-23-24-22-18/h1-8,17H,9-12H2,(H,21,22,23,24). The Balaban J connectivity index is 1.38. The van der Waals surface area contributed by atoms with Crippen molar-refractivity contribution in [3.63, 3.8) is 0 Å². The zero-order chi connectivity index (χ0) is 19.3. The molecule has 0 bridgehead atoms. The van der Waals surface area contributed by atoms with E-state index in [1.54, 1.807) is 47.4 Å². The third kappa shape index (κ3) is 3.99. The normalized spacial score (nSPS) is 16.8. The quantitative estimate of drug-likeness (QED) is 0.726. The first-order valence-electron chi connectivity index (χ1n) is 8.81. The molecule has 2 aromatic carbocycles. The summed E-state index contributed by atoms with van der Waals surface area (Å²) >= 11 is 0. The smallest absolute Gasteiger partial charge is 0.254 e. The van der Waals surface area contributed by atoms with Crippen molar-refractivity contribution in [2.45, 2.75) is 12.7 Å². The zero-order valence-corrected chi connectivity index (χ0v) is 14.9. The number of aromatic nitrogens is 4. The molecule has 1 N–H and O–H groups in total. The predicted molar refractivity (Wildman–Crippen MR) is 95.9 cm³/mol. The second kappa shape index (κ2) is 8.13. The maximum atomic E-state index is 13.6. The Kier molecular flexibility index (Phi) is 5.24. The second-order valence-corrected chi connectivity index (χ2v) is 6.29. The summed E-state index contributed by atoms with van der Waals surface area (Å²) in [7, 11) is 0. The number of nitrogens with one attached hydrogen (secondary N) is 1. The number of halogens is 1. The lowest BCUT2D eigenvalue weighted by atomic mass is 10.1. The third-order valence-electron chi connectivity index (χ3n) is 4.46. The van der Waals surface area contributed by atoms with Crippen LogP contribution in [-0.4, -0.2) is 51.1 Å². The Bertz CT molecular complexity index is 933. The average Bonchev–Trinajstić information content (AvgIpc) is 3.28. The average molecular weight is 383 g/mol. The summed E-state index contributed by atoms with van der Waals surface area (Å²) in [5.41, 5.74) is 1.01. The van der Waals surface area contributed by atoms with Crippen molar-refractivity contribution in [1.29, 1.82) is 0 Å². The van der Waals surface area contributed by atoms with E-state index in [1.165, 1.54) is 6.07 Å². The van der Waals surface area contributed by atoms with Crippen molar-refractivity contribution in [2.75, 3.05) is 19.7 Å². The van der Waals surface area contributed by atoms with Crippen molar-refractivity contribution < 1.29 is 18.7 Å². The maximum Gasteiger partial charge on any atom is 0.254 e. The van der Waals surface area contributed by atoms with Crippen molar-refractivity contribution in [3.05, 3.63) is 71.3 Å². The van der Waals surface area contributed by atoms with Crippen LogP contribution in [0.4, 0.5) is 4.39 Å². The van der Waals surface area contributed by atoms with Crippen LogP contribution in [0.3, 0.4) is 0 Å². The molecule has 2 heterocycles. The first-order valence-corrected chi connectivity index (χ1v) is 8.81. The fourth-order valence-electron chi connectivity index (χ4n) is 2.95. The van der Waals surface area contributed by atoms with Crippen LogP contribution in [-0.2, 0) is 11.3 Å². The number of ether oxygens (including phenoxy) is 2. The van der Waals surface area contributed by atoms with Gasteiger partial charge >= 0.3 is 0 Å². The van der Waals surface area contributed by atoms with E-state index in [0.717, 1.165) is 0 Å². The summed E-state index contributed by atoms with van der Waals surface area (Å²) in [6, 6.07) is 13.2. The molecule has 1 aliphatic rings. The number of carbonyl (C=O) groups is 1. The molecule has 1 unspecified atom stereocenters. The number of tetrazole rings is 1. The zero-order valence-electron chi connectivity index (χ0n) is 14.9. The molecule has 144 valence electrons. The van der Waals surface area contributed by atoms with Crippen LogP contribution in [0.15, 0.2) is 48.5 Å². The van der Waals surface area contributed by atoms with Gasteiger partial charge < -0.3 is 14.4 Å². The maximum absolute atomic E-state index is 13.6. The van der Waals surface area contributed by atoms with Gasteiger partial charge in [-0.2, -0.15) is 5.21 Å². The van der Waals surface area contributed by atoms with Gasteiger partial charge in [-0.05, 0) is 30.3 Å². The molecule has 4 rings (SSSR count). The third-order valence-corrected chi connectivity index (χ3v) is 4.46. The van der Waals surface area contributed by atoms with Gasteiger partial charge in [0.2, 0.25) is 5.82 Å². The number of morpholine rings is 1. The summed E-state index contributed by atoms with van der Waals surface area (Å²) in [4.78, 5) is 14.5. The molecule has 9 heteroatoms. The number of carbonyl (C=O) groups excluding carboxylic acids is 1. The largest absolute Gasteiger partial charge is 0.489 e. The fraction of sp³-hybridized carbons (Fsp3) is 0.263. The molecule has 1 amide bonds. The molecule has 1 atom stereocenters. The number of rotatable bonds is 5. The van der Waals surface area contributed by atoms with Crippen molar-refractivity contribution >= 4 is 5.91 Å². The molecule has 0 aliphatic carbocycles. The monoisotopic (exact) mass is 383 g/mol. The van der Waals surface area contributed by atoms with Crippen LogP contribution in [0.5, 0.6) is 5.75 Å². The highest BCUT2D eigenvalue weighted by Crippen LogP contribution is 2.21. The van der Waals surface area contributed by atoms with Gasteiger partial charge in [-0.3, -0.25) is 4.79 Å². The second-order valence-electron chi connectivity index (χ2n) is 6.29. The minimum Gasteiger partial charge on any atom is -0.489 e. The molecule has 1 aliphatic heterocycles. The van der Waals surface area contributed by atoms with Gasteiger partial charge in [-0.25, -0.2) is 4.39 Å². The van der Waals surface area contributed by atoms with Gasteiger partial charge in [0.25, 0.3) is 5.91 Å². The van der Waals surface area contributed by atoms with Gasteiger partial charge in [0.05, 0.1) is 13.2 Å². The number of hydrogen-bond acceptors (Lipinski definition) is 6. The number of hydrogen-bond donors (Lipinski definition) is 1. The minimum atomic E-state index is -0.403. The Labute approximate surface area is 160 Å². The Hall–Kier alpha value is -3.33. The van der Waals surface area contributed by atoms with Crippen LogP contribution in [0.2, 0.25) is 0 Å². The van der Waals surface area contributed by atoms with Crippen LogP contribution >= 0.6 is 0 Å². The van der Waals surface area contributed by atoms with Crippen LogP contribution in [0.1, 0.15) is 27.8 Å². The lowest BCUT2D eigenvalue weighted by Crippen LogP contribution is -2.42. The SMILES string of the molecule is O=C(c1ccc(OCc2ccccc2F)cc1)N1CCOC(c2nn[nH]n2)C1. The summed E-state index contributed by atoms with van der Waals surface area (Å²) in [5, 5.41) is 13.7. The Morgan fingerprint density at radius 3 is 2.82 bits per heavy atom. The lowest BCUT2D eigenvalue weighted by Gasteiger charge is -2.31. The predicted octanol–water partition coefficient (Wildman–Crippen LogP) is 2.13. The Morgan fingerprint density at radius 2 is 2.07 bits per heavy atom. The molecule has 3 aromatic rings. The lowest BCUT2D eigenvalue weighted by molar-refractivity contribution is -0.0268. The molecule has 1 fully saturated rings. The molecule has 28 heavy (non-hydrogen) atoms. The molecule has 8 nitrogen and oxygen atoms in total. The number of benzene rings is 2. The van der Waals surface area contributed by atoms with E-state index < -0.39 is 6.10 Å². The van der Waals surface area contributed by atoms with E-state index in [-0.39, 0.29) is 18.3 Å². The van der Waals surface area contributed by atoms with E-state index >= 15 is 0 Å². The Morgan fingerprint density at radius 1 is 1.25 bits per heavy atom. The molecule has 1 aromatic heterocycles. The summed E-state index contributed by atoms with van der Waals surface area (Å²) in [6.45, 7) is 1.35.